The van der Waals surface area contributed by atoms with Crippen molar-refractivity contribution in [3.8, 4) is 0 Å². The van der Waals surface area contributed by atoms with Crippen LogP contribution in [0.3, 0.4) is 0 Å². The standard InChI is InChI=1S/C15H21ClN2O2/c16-13-6-1-2-7-14(13)18-15(19)10-20-9-12-5-3-4-11(12)8-17/h1-2,6-7,11-12H,3-5,8-10,17H2,(H,18,19). The Morgan fingerprint density at radius 3 is 2.85 bits per heavy atom. The van der Waals surface area contributed by atoms with Crippen molar-refractivity contribution in [2.75, 3.05) is 25.1 Å². The molecule has 0 heterocycles. The summed E-state index contributed by atoms with van der Waals surface area (Å²) in [6.45, 7) is 1.37. The van der Waals surface area contributed by atoms with Crippen LogP contribution in [-0.4, -0.2) is 25.7 Å². The Morgan fingerprint density at radius 2 is 2.10 bits per heavy atom. The molecule has 1 aliphatic carbocycles. The van der Waals surface area contributed by atoms with E-state index in [0.717, 1.165) is 6.42 Å². The summed E-state index contributed by atoms with van der Waals surface area (Å²) in [5.74, 6) is 0.857. The Morgan fingerprint density at radius 1 is 1.35 bits per heavy atom. The molecule has 0 aromatic heterocycles. The van der Waals surface area contributed by atoms with E-state index >= 15 is 0 Å². The molecule has 20 heavy (non-hydrogen) atoms. The van der Waals surface area contributed by atoms with Gasteiger partial charge in [-0.2, -0.15) is 0 Å². The van der Waals surface area contributed by atoms with Crippen molar-refractivity contribution in [1.29, 1.82) is 0 Å². The van der Waals surface area contributed by atoms with Crippen molar-refractivity contribution in [2.24, 2.45) is 17.6 Å². The molecule has 0 saturated heterocycles. The number of carbonyl (C=O) groups excluding carboxylic acids is 1. The molecule has 0 aliphatic heterocycles. The monoisotopic (exact) mass is 296 g/mol. The molecule has 1 aliphatic rings. The largest absolute Gasteiger partial charge is 0.371 e. The van der Waals surface area contributed by atoms with Crippen molar-refractivity contribution in [1.82, 2.24) is 0 Å². The summed E-state index contributed by atoms with van der Waals surface area (Å²) in [7, 11) is 0. The zero-order valence-corrected chi connectivity index (χ0v) is 12.2. The van der Waals surface area contributed by atoms with Gasteiger partial charge in [0.25, 0.3) is 0 Å². The number of benzene rings is 1. The molecule has 110 valence electrons. The Hall–Kier alpha value is -1.10. The van der Waals surface area contributed by atoms with Crippen molar-refractivity contribution >= 4 is 23.2 Å². The summed E-state index contributed by atoms with van der Waals surface area (Å²) >= 11 is 5.97. The van der Waals surface area contributed by atoms with E-state index in [2.05, 4.69) is 5.32 Å². The average Bonchev–Trinajstić information content (AvgIpc) is 2.89. The smallest absolute Gasteiger partial charge is 0.250 e. The van der Waals surface area contributed by atoms with E-state index in [4.69, 9.17) is 22.1 Å². The van der Waals surface area contributed by atoms with Gasteiger partial charge in [0.2, 0.25) is 5.91 Å². The average molecular weight is 297 g/mol. The first-order valence-electron chi connectivity index (χ1n) is 7.03. The number of hydrogen-bond acceptors (Lipinski definition) is 3. The van der Waals surface area contributed by atoms with E-state index in [1.165, 1.54) is 12.8 Å². The number of amides is 1. The Bertz CT molecular complexity index is 453. The lowest BCUT2D eigenvalue weighted by Crippen LogP contribution is -2.25. The van der Waals surface area contributed by atoms with Crippen molar-refractivity contribution in [3.05, 3.63) is 29.3 Å². The number of para-hydroxylation sites is 1. The van der Waals surface area contributed by atoms with Gasteiger partial charge in [0.1, 0.15) is 6.61 Å². The number of hydrogen-bond donors (Lipinski definition) is 2. The highest BCUT2D eigenvalue weighted by Gasteiger charge is 2.26. The first kappa shape index (κ1) is 15.3. The quantitative estimate of drug-likeness (QED) is 0.848. The second kappa shape index (κ2) is 7.62. The minimum absolute atomic E-state index is 0.0546. The highest BCUT2D eigenvalue weighted by atomic mass is 35.5. The fourth-order valence-electron chi connectivity index (χ4n) is 2.70. The molecular weight excluding hydrogens is 276 g/mol. The molecule has 2 unspecified atom stereocenters. The van der Waals surface area contributed by atoms with E-state index in [9.17, 15) is 4.79 Å². The second-order valence-electron chi connectivity index (χ2n) is 5.23. The van der Waals surface area contributed by atoms with Gasteiger partial charge < -0.3 is 15.8 Å². The maximum Gasteiger partial charge on any atom is 0.250 e. The summed E-state index contributed by atoms with van der Waals surface area (Å²) in [6, 6.07) is 7.15. The normalized spacial score (nSPS) is 21.9. The van der Waals surface area contributed by atoms with Gasteiger partial charge in [0, 0.05) is 0 Å². The molecule has 1 aromatic carbocycles. The SMILES string of the molecule is NCC1CCCC1COCC(=O)Nc1ccccc1Cl. The number of halogens is 1. The molecule has 4 nitrogen and oxygen atoms in total. The molecule has 1 aromatic rings. The molecule has 0 bridgehead atoms. The topological polar surface area (TPSA) is 64.3 Å². The van der Waals surface area contributed by atoms with Crippen LogP contribution in [0.2, 0.25) is 5.02 Å². The van der Waals surface area contributed by atoms with Crippen molar-refractivity contribution < 1.29 is 9.53 Å². The zero-order valence-electron chi connectivity index (χ0n) is 11.5. The number of rotatable bonds is 6. The molecule has 5 heteroatoms. The first-order chi connectivity index (χ1) is 9.70. The van der Waals surface area contributed by atoms with Crippen molar-refractivity contribution in [2.45, 2.75) is 19.3 Å². The van der Waals surface area contributed by atoms with Crippen LogP contribution >= 0.6 is 11.6 Å². The van der Waals surface area contributed by atoms with Gasteiger partial charge in [-0.25, -0.2) is 0 Å². The van der Waals surface area contributed by atoms with Crippen LogP contribution in [0.1, 0.15) is 19.3 Å². The van der Waals surface area contributed by atoms with Crippen LogP contribution in [0.25, 0.3) is 0 Å². The minimum Gasteiger partial charge on any atom is -0.371 e. The third kappa shape index (κ3) is 4.20. The molecule has 2 atom stereocenters. The summed E-state index contributed by atoms with van der Waals surface area (Å²) < 4.78 is 5.51. The zero-order chi connectivity index (χ0) is 14.4. The molecule has 1 amide bonds. The van der Waals surface area contributed by atoms with E-state index in [0.29, 0.717) is 35.7 Å². The molecule has 3 N–H and O–H groups in total. The highest BCUT2D eigenvalue weighted by Crippen LogP contribution is 2.30. The first-order valence-corrected chi connectivity index (χ1v) is 7.40. The van der Waals surface area contributed by atoms with Gasteiger partial charge in [0.15, 0.2) is 0 Å². The van der Waals surface area contributed by atoms with Gasteiger partial charge in [-0.3, -0.25) is 4.79 Å². The predicted molar refractivity (Wildman–Crippen MR) is 80.8 cm³/mol. The lowest BCUT2D eigenvalue weighted by Gasteiger charge is -2.17. The van der Waals surface area contributed by atoms with E-state index in [1.54, 1.807) is 12.1 Å². The van der Waals surface area contributed by atoms with Crippen LogP contribution in [0.5, 0.6) is 0 Å². The predicted octanol–water partition coefficient (Wildman–Crippen LogP) is 2.67. The second-order valence-corrected chi connectivity index (χ2v) is 5.64. The molecule has 2 rings (SSSR count). The van der Waals surface area contributed by atoms with Crippen molar-refractivity contribution in [3.63, 3.8) is 0 Å². The third-order valence-corrected chi connectivity index (χ3v) is 4.16. The summed E-state index contributed by atoms with van der Waals surface area (Å²) in [5, 5.41) is 3.27. The molecule has 0 spiro atoms. The number of nitrogens with one attached hydrogen (secondary N) is 1. The van der Waals surface area contributed by atoms with Crippen LogP contribution in [0, 0.1) is 11.8 Å². The van der Waals surface area contributed by atoms with E-state index in [-0.39, 0.29) is 12.5 Å². The fraction of sp³-hybridized carbons (Fsp3) is 0.533. The molecule has 1 saturated carbocycles. The lowest BCUT2D eigenvalue weighted by atomic mass is 9.97. The molecule has 1 fully saturated rings. The third-order valence-electron chi connectivity index (χ3n) is 3.83. The van der Waals surface area contributed by atoms with E-state index in [1.807, 2.05) is 12.1 Å². The van der Waals surface area contributed by atoms with Crippen LogP contribution in [0.15, 0.2) is 24.3 Å². The maximum absolute atomic E-state index is 11.8. The Balaban J connectivity index is 1.72. The van der Waals surface area contributed by atoms with Gasteiger partial charge in [-0.1, -0.05) is 30.2 Å². The minimum atomic E-state index is -0.180. The van der Waals surface area contributed by atoms with Crippen LogP contribution in [0.4, 0.5) is 5.69 Å². The summed E-state index contributed by atoms with van der Waals surface area (Å²) in [5.41, 5.74) is 6.34. The summed E-state index contributed by atoms with van der Waals surface area (Å²) in [6.07, 6.45) is 3.53. The Labute approximate surface area is 124 Å². The van der Waals surface area contributed by atoms with Crippen LogP contribution < -0.4 is 11.1 Å². The maximum atomic E-state index is 11.8. The van der Waals surface area contributed by atoms with Gasteiger partial charge in [-0.15, -0.1) is 0 Å². The van der Waals surface area contributed by atoms with Gasteiger partial charge >= 0.3 is 0 Å². The van der Waals surface area contributed by atoms with E-state index < -0.39 is 0 Å². The molecular formula is C15H21ClN2O2. The molecule has 0 radical (unpaired) electrons. The van der Waals surface area contributed by atoms with Crippen LogP contribution in [-0.2, 0) is 9.53 Å². The number of nitrogens with two attached hydrogens (primary N) is 1. The fourth-order valence-corrected chi connectivity index (χ4v) is 2.88. The van der Waals surface area contributed by atoms with Gasteiger partial charge in [-0.05, 0) is 43.4 Å². The Kier molecular flexibility index (Phi) is 5.83. The van der Waals surface area contributed by atoms with Gasteiger partial charge in [0.05, 0.1) is 17.3 Å². The number of anilines is 1. The lowest BCUT2D eigenvalue weighted by molar-refractivity contribution is -0.121. The number of ether oxygens (including phenoxy) is 1. The number of carbonyl (C=O) groups is 1. The highest BCUT2D eigenvalue weighted by molar-refractivity contribution is 6.33. The summed E-state index contributed by atoms with van der Waals surface area (Å²) in [4.78, 5) is 11.8.